The van der Waals surface area contributed by atoms with Crippen molar-refractivity contribution in [3.63, 3.8) is 0 Å². The topological polar surface area (TPSA) is 38.1 Å². The molecule has 1 aliphatic rings. The van der Waals surface area contributed by atoms with Gasteiger partial charge in [-0.25, -0.2) is 0 Å². The van der Waals surface area contributed by atoms with Crippen molar-refractivity contribution in [3.05, 3.63) is 72.3 Å². The maximum absolute atomic E-state index is 13.0. The predicted molar refractivity (Wildman–Crippen MR) is 115 cm³/mol. The monoisotopic (exact) mass is 422 g/mol. The van der Waals surface area contributed by atoms with E-state index in [0.29, 0.717) is 0 Å². The molecule has 0 saturated heterocycles. The van der Waals surface area contributed by atoms with Crippen LogP contribution in [0.4, 0.5) is 13.2 Å². The molecule has 0 atom stereocenters. The van der Waals surface area contributed by atoms with Crippen LogP contribution in [0.1, 0.15) is 37.3 Å². The zero-order valence-corrected chi connectivity index (χ0v) is 16.7. The Labute approximate surface area is 177 Å². The summed E-state index contributed by atoms with van der Waals surface area (Å²) in [7, 11) is 0. The van der Waals surface area contributed by atoms with E-state index in [-0.39, 0.29) is 11.8 Å². The van der Waals surface area contributed by atoms with Crippen LogP contribution in [0, 0.1) is 0 Å². The van der Waals surface area contributed by atoms with Crippen molar-refractivity contribution < 1.29 is 18.3 Å². The maximum atomic E-state index is 13.0. The Morgan fingerprint density at radius 1 is 0.839 bits per heavy atom. The molecular weight excluding hydrogens is 401 g/mol. The fourth-order valence-electron chi connectivity index (χ4n) is 4.51. The van der Waals surface area contributed by atoms with Crippen LogP contribution in [0.3, 0.4) is 0 Å². The van der Waals surface area contributed by atoms with Gasteiger partial charge in [0.05, 0.1) is 17.1 Å². The summed E-state index contributed by atoms with van der Waals surface area (Å²) in [5, 5.41) is 15.6. The quantitative estimate of drug-likeness (QED) is 0.379. The van der Waals surface area contributed by atoms with Crippen LogP contribution in [0.2, 0.25) is 0 Å². The average Bonchev–Trinajstić information content (AvgIpc) is 3.42. The van der Waals surface area contributed by atoms with Crippen molar-refractivity contribution in [2.24, 2.45) is 0 Å². The molecule has 1 heterocycles. The number of rotatable bonds is 3. The maximum Gasteiger partial charge on any atom is 0.416 e. The molecule has 3 nitrogen and oxygen atoms in total. The number of para-hydroxylation sites is 1. The van der Waals surface area contributed by atoms with Crippen LogP contribution in [-0.4, -0.2) is 14.9 Å². The largest absolute Gasteiger partial charge is 0.508 e. The minimum Gasteiger partial charge on any atom is -0.508 e. The summed E-state index contributed by atoms with van der Waals surface area (Å²) in [6.07, 6.45) is -0.00545. The number of aromatic hydroxyl groups is 1. The first kappa shape index (κ1) is 19.7. The number of hydrogen-bond donors (Lipinski definition) is 1. The second kappa shape index (κ2) is 7.45. The molecule has 6 heteroatoms. The van der Waals surface area contributed by atoms with Gasteiger partial charge in [-0.2, -0.15) is 18.3 Å². The molecule has 1 aliphatic carbocycles. The SMILES string of the molecule is Oc1ccc(-c2nn(C3CCCC3)c3c(-c4ccc(C(F)(F)F)cc4)cccc23)cc1. The number of benzene rings is 3. The minimum atomic E-state index is -4.36. The first-order valence-corrected chi connectivity index (χ1v) is 10.4. The van der Waals surface area contributed by atoms with Crippen molar-refractivity contribution in [1.29, 1.82) is 0 Å². The molecule has 1 aromatic heterocycles. The van der Waals surface area contributed by atoms with E-state index in [9.17, 15) is 18.3 Å². The summed E-state index contributed by atoms with van der Waals surface area (Å²) < 4.78 is 41.2. The van der Waals surface area contributed by atoms with E-state index in [1.54, 1.807) is 12.1 Å². The van der Waals surface area contributed by atoms with Gasteiger partial charge in [-0.05, 0) is 54.8 Å². The second-order valence-corrected chi connectivity index (χ2v) is 8.06. The Hall–Kier alpha value is -3.28. The highest BCUT2D eigenvalue weighted by molar-refractivity contribution is 6.01. The molecule has 158 valence electrons. The lowest BCUT2D eigenvalue weighted by Gasteiger charge is -2.14. The first-order valence-electron chi connectivity index (χ1n) is 10.4. The molecule has 3 aromatic carbocycles. The third-order valence-electron chi connectivity index (χ3n) is 6.06. The molecule has 4 aromatic rings. The van der Waals surface area contributed by atoms with Crippen LogP contribution in [0.15, 0.2) is 66.7 Å². The average molecular weight is 422 g/mol. The summed E-state index contributed by atoms with van der Waals surface area (Å²) in [4.78, 5) is 0. The summed E-state index contributed by atoms with van der Waals surface area (Å²) in [5.74, 6) is 0.189. The molecular formula is C25H21F3N2O. The van der Waals surface area contributed by atoms with Crippen molar-refractivity contribution >= 4 is 10.9 Å². The number of fused-ring (bicyclic) bond motifs is 1. The zero-order valence-electron chi connectivity index (χ0n) is 16.7. The van der Waals surface area contributed by atoms with E-state index in [4.69, 9.17) is 5.10 Å². The molecule has 0 bridgehead atoms. The molecule has 1 saturated carbocycles. The van der Waals surface area contributed by atoms with E-state index >= 15 is 0 Å². The van der Waals surface area contributed by atoms with Crippen molar-refractivity contribution in [2.75, 3.05) is 0 Å². The fraction of sp³-hybridized carbons (Fsp3) is 0.240. The second-order valence-electron chi connectivity index (χ2n) is 8.06. The van der Waals surface area contributed by atoms with Crippen LogP contribution >= 0.6 is 0 Å². The van der Waals surface area contributed by atoms with Gasteiger partial charge in [0.25, 0.3) is 0 Å². The van der Waals surface area contributed by atoms with Crippen LogP contribution in [-0.2, 0) is 6.18 Å². The van der Waals surface area contributed by atoms with Gasteiger partial charge in [0.2, 0.25) is 0 Å². The molecule has 1 N–H and O–H groups in total. The summed E-state index contributed by atoms with van der Waals surface area (Å²) in [5.41, 5.74) is 3.60. The summed E-state index contributed by atoms with van der Waals surface area (Å²) in [6.45, 7) is 0. The number of nitrogens with zero attached hydrogens (tertiary/aromatic N) is 2. The van der Waals surface area contributed by atoms with Gasteiger partial charge in [-0.15, -0.1) is 0 Å². The Bertz CT molecular complexity index is 1220. The Kier molecular flexibility index (Phi) is 4.73. The number of phenolic OH excluding ortho intramolecular Hbond substituents is 1. The lowest BCUT2D eigenvalue weighted by atomic mass is 9.99. The van der Waals surface area contributed by atoms with Gasteiger partial charge in [0.15, 0.2) is 0 Å². The van der Waals surface area contributed by atoms with Crippen molar-refractivity contribution in [3.8, 4) is 28.1 Å². The van der Waals surface area contributed by atoms with Gasteiger partial charge in [-0.3, -0.25) is 4.68 Å². The van der Waals surface area contributed by atoms with E-state index < -0.39 is 11.7 Å². The molecule has 0 aliphatic heterocycles. The first-order chi connectivity index (χ1) is 14.9. The number of phenols is 1. The van der Waals surface area contributed by atoms with Gasteiger partial charge in [0.1, 0.15) is 11.4 Å². The molecule has 31 heavy (non-hydrogen) atoms. The van der Waals surface area contributed by atoms with E-state index in [1.807, 2.05) is 30.3 Å². The lowest BCUT2D eigenvalue weighted by molar-refractivity contribution is -0.137. The molecule has 0 unspecified atom stereocenters. The van der Waals surface area contributed by atoms with Crippen LogP contribution in [0.25, 0.3) is 33.3 Å². The lowest BCUT2D eigenvalue weighted by Crippen LogP contribution is -2.07. The number of halogens is 3. The number of alkyl halides is 3. The standard InChI is InChI=1S/C25H21F3N2O/c26-25(27,28)18-12-8-16(9-13-18)21-6-3-7-22-23(17-10-14-20(31)15-11-17)29-30(24(21)22)19-4-1-2-5-19/h3,6-15,19,31H,1-2,4-5H2. The summed E-state index contributed by atoms with van der Waals surface area (Å²) >= 11 is 0. The Balaban J connectivity index is 1.71. The van der Waals surface area contributed by atoms with Crippen LogP contribution < -0.4 is 0 Å². The zero-order chi connectivity index (χ0) is 21.6. The van der Waals surface area contributed by atoms with Crippen molar-refractivity contribution in [2.45, 2.75) is 37.9 Å². The van der Waals surface area contributed by atoms with Gasteiger partial charge in [-0.1, -0.05) is 43.2 Å². The van der Waals surface area contributed by atoms with Gasteiger partial charge >= 0.3 is 6.18 Å². The Morgan fingerprint density at radius 2 is 1.48 bits per heavy atom. The molecule has 0 spiro atoms. The number of hydrogen-bond acceptors (Lipinski definition) is 2. The number of aromatic nitrogens is 2. The summed E-state index contributed by atoms with van der Waals surface area (Å²) in [6, 6.07) is 18.4. The fourth-order valence-corrected chi connectivity index (χ4v) is 4.51. The normalized spacial score (nSPS) is 15.1. The van der Waals surface area contributed by atoms with E-state index in [2.05, 4.69) is 4.68 Å². The molecule has 0 radical (unpaired) electrons. The van der Waals surface area contributed by atoms with Crippen LogP contribution in [0.5, 0.6) is 5.75 Å². The highest BCUT2D eigenvalue weighted by Crippen LogP contribution is 2.40. The third kappa shape index (κ3) is 3.56. The Morgan fingerprint density at radius 3 is 2.13 bits per heavy atom. The molecule has 1 fully saturated rings. The smallest absolute Gasteiger partial charge is 0.416 e. The van der Waals surface area contributed by atoms with E-state index in [1.165, 1.54) is 12.1 Å². The van der Waals surface area contributed by atoms with Gasteiger partial charge < -0.3 is 5.11 Å². The minimum absolute atomic E-state index is 0.189. The molecule has 0 amide bonds. The van der Waals surface area contributed by atoms with Gasteiger partial charge in [0, 0.05) is 16.5 Å². The highest BCUT2D eigenvalue weighted by atomic mass is 19.4. The predicted octanol–water partition coefficient (Wildman–Crippen LogP) is 7.21. The third-order valence-corrected chi connectivity index (χ3v) is 6.06. The van der Waals surface area contributed by atoms with E-state index in [0.717, 1.165) is 71.1 Å². The highest BCUT2D eigenvalue weighted by Gasteiger charge is 2.30. The molecule has 5 rings (SSSR count). The van der Waals surface area contributed by atoms with Crippen molar-refractivity contribution in [1.82, 2.24) is 9.78 Å².